The van der Waals surface area contributed by atoms with Gasteiger partial charge in [-0.2, -0.15) is 0 Å². The van der Waals surface area contributed by atoms with Gasteiger partial charge in [-0.1, -0.05) is 30.3 Å². The largest absolute Gasteiger partial charge is 0.395 e. The highest BCUT2D eigenvalue weighted by molar-refractivity contribution is 7.17. The number of benzene rings is 1. The van der Waals surface area contributed by atoms with Crippen LogP contribution in [0.25, 0.3) is 0 Å². The van der Waals surface area contributed by atoms with Gasteiger partial charge in [0.15, 0.2) is 0 Å². The van der Waals surface area contributed by atoms with Crippen LogP contribution in [0.15, 0.2) is 30.3 Å². The summed E-state index contributed by atoms with van der Waals surface area (Å²) in [7, 11) is 2.60. The average molecular weight is 154 g/mol. The third-order valence-corrected chi connectivity index (χ3v) is 2.02. The smallest absolute Gasteiger partial charge is 0.0534 e. The highest BCUT2D eigenvalue weighted by Gasteiger charge is 2.00. The molecule has 1 rings (SSSR count). The van der Waals surface area contributed by atoms with Crippen molar-refractivity contribution in [1.82, 2.24) is 0 Å². The molecule has 1 N–H and O–H groups in total. The van der Waals surface area contributed by atoms with Crippen LogP contribution in [0, 0.1) is 0 Å². The molecule has 0 spiro atoms. The lowest BCUT2D eigenvalue weighted by atomic mass is 10.2. The molecule has 2 atom stereocenters. The maximum atomic E-state index is 8.77. The molecule has 54 valence electrons. The summed E-state index contributed by atoms with van der Waals surface area (Å²) in [4.78, 5) is 0. The molecule has 0 aliphatic carbocycles. The molecule has 0 amide bonds. The highest BCUT2D eigenvalue weighted by Crippen LogP contribution is 2.20. The van der Waals surface area contributed by atoms with Crippen LogP contribution in [-0.4, -0.2) is 11.7 Å². The van der Waals surface area contributed by atoms with Gasteiger partial charge >= 0.3 is 0 Å². The third kappa shape index (κ3) is 1.80. The Morgan fingerprint density at radius 2 is 1.90 bits per heavy atom. The summed E-state index contributed by atoms with van der Waals surface area (Å²) in [6.45, 7) is 0.189. The quantitative estimate of drug-likeness (QED) is 0.641. The zero-order valence-electron chi connectivity index (χ0n) is 5.70. The molecule has 1 nitrogen and oxygen atoms in total. The molecule has 0 radical (unpaired) electrons. The first kappa shape index (κ1) is 7.71. The van der Waals surface area contributed by atoms with Crippen LogP contribution in [-0.2, 0) is 0 Å². The minimum atomic E-state index is 0.182. The van der Waals surface area contributed by atoms with Crippen LogP contribution in [0.3, 0.4) is 0 Å². The minimum absolute atomic E-state index is 0.182. The van der Waals surface area contributed by atoms with Crippen molar-refractivity contribution in [1.29, 1.82) is 0 Å². The summed E-state index contributed by atoms with van der Waals surface area (Å²) >= 11 is 0. The van der Waals surface area contributed by atoms with Gasteiger partial charge in [0.05, 0.1) is 6.61 Å². The molecular weight excluding hydrogens is 143 g/mol. The summed E-state index contributed by atoms with van der Waals surface area (Å²) in [5, 5.41) is 8.77. The second-order valence-corrected chi connectivity index (χ2v) is 3.00. The van der Waals surface area contributed by atoms with Gasteiger partial charge in [-0.25, -0.2) is 0 Å². The molecular formula is C8H11OP. The highest BCUT2D eigenvalue weighted by atomic mass is 31.0. The third-order valence-electron chi connectivity index (χ3n) is 1.42. The Kier molecular flexibility index (Phi) is 2.85. The fraction of sp³-hybridized carbons (Fsp3) is 0.250. The first-order chi connectivity index (χ1) is 4.84. The molecule has 10 heavy (non-hydrogen) atoms. The Bertz CT molecular complexity index is 186. The number of hydrogen-bond donors (Lipinski definition) is 1. The molecule has 2 heteroatoms. The van der Waals surface area contributed by atoms with E-state index in [1.807, 2.05) is 30.3 Å². The number of hydrogen-bond acceptors (Lipinski definition) is 1. The molecule has 2 unspecified atom stereocenters. The lowest BCUT2D eigenvalue weighted by Gasteiger charge is -2.05. The summed E-state index contributed by atoms with van der Waals surface area (Å²) in [5.74, 6) is 0. The van der Waals surface area contributed by atoms with Gasteiger partial charge in [-0.15, -0.1) is 9.24 Å². The van der Waals surface area contributed by atoms with E-state index in [0.717, 1.165) is 5.56 Å². The van der Waals surface area contributed by atoms with Crippen molar-refractivity contribution >= 4 is 9.24 Å². The van der Waals surface area contributed by atoms with Gasteiger partial charge in [-0.05, 0) is 5.56 Å². The number of aliphatic hydroxyl groups is 1. The zero-order valence-corrected chi connectivity index (χ0v) is 6.85. The van der Waals surface area contributed by atoms with Crippen molar-refractivity contribution in [3.63, 3.8) is 0 Å². The van der Waals surface area contributed by atoms with Gasteiger partial charge < -0.3 is 5.11 Å². The lowest BCUT2D eigenvalue weighted by molar-refractivity contribution is 0.296. The van der Waals surface area contributed by atoms with Gasteiger partial charge in [0.25, 0.3) is 0 Å². The zero-order chi connectivity index (χ0) is 7.40. The normalized spacial score (nSPS) is 13.0. The van der Waals surface area contributed by atoms with Gasteiger partial charge in [-0.3, -0.25) is 0 Å². The second kappa shape index (κ2) is 3.70. The Morgan fingerprint density at radius 1 is 1.30 bits per heavy atom. The monoisotopic (exact) mass is 154 g/mol. The average Bonchev–Trinajstić information content (AvgIpc) is 2.05. The Balaban J connectivity index is 2.75. The van der Waals surface area contributed by atoms with Crippen molar-refractivity contribution in [2.75, 3.05) is 6.61 Å². The second-order valence-electron chi connectivity index (χ2n) is 2.20. The first-order valence-electron chi connectivity index (χ1n) is 3.26. The van der Waals surface area contributed by atoms with E-state index >= 15 is 0 Å². The standard InChI is InChI=1S/C8H11OP/c9-6-8(10)7-4-2-1-3-5-7/h1-5,8-9H,6,10H2. The molecule has 0 bridgehead atoms. The predicted octanol–water partition coefficient (Wildman–Crippen LogP) is 1.60. The summed E-state index contributed by atoms with van der Waals surface area (Å²) in [6.07, 6.45) is 0. The Morgan fingerprint density at radius 3 is 2.40 bits per heavy atom. The van der Waals surface area contributed by atoms with E-state index < -0.39 is 0 Å². The lowest BCUT2D eigenvalue weighted by Crippen LogP contribution is -1.93. The molecule has 0 saturated heterocycles. The van der Waals surface area contributed by atoms with Gasteiger partial charge in [0, 0.05) is 5.66 Å². The summed E-state index contributed by atoms with van der Waals surface area (Å²) < 4.78 is 0. The SMILES string of the molecule is OCC(P)c1ccccc1. The van der Waals surface area contributed by atoms with Crippen molar-refractivity contribution in [3.05, 3.63) is 35.9 Å². The topological polar surface area (TPSA) is 20.2 Å². The molecule has 0 saturated carbocycles. The van der Waals surface area contributed by atoms with E-state index in [1.54, 1.807) is 0 Å². The maximum Gasteiger partial charge on any atom is 0.0534 e. The van der Waals surface area contributed by atoms with Gasteiger partial charge in [0.1, 0.15) is 0 Å². The van der Waals surface area contributed by atoms with Gasteiger partial charge in [0.2, 0.25) is 0 Å². The van der Waals surface area contributed by atoms with E-state index in [9.17, 15) is 0 Å². The Hall–Kier alpha value is -0.390. The molecule has 0 aliphatic rings. The van der Waals surface area contributed by atoms with E-state index in [1.165, 1.54) is 0 Å². The molecule has 0 heterocycles. The number of aliphatic hydroxyl groups excluding tert-OH is 1. The molecule has 1 aromatic rings. The fourth-order valence-electron chi connectivity index (χ4n) is 0.806. The van der Waals surface area contributed by atoms with Crippen LogP contribution < -0.4 is 0 Å². The Labute approximate surface area is 63.3 Å². The first-order valence-corrected chi connectivity index (χ1v) is 3.92. The molecule has 0 aromatic heterocycles. The van der Waals surface area contributed by atoms with Crippen LogP contribution in [0.2, 0.25) is 0 Å². The molecule has 0 fully saturated rings. The van der Waals surface area contributed by atoms with Crippen LogP contribution in [0.5, 0.6) is 0 Å². The fourth-order valence-corrected chi connectivity index (χ4v) is 1.03. The molecule has 1 aromatic carbocycles. The van der Waals surface area contributed by atoms with E-state index in [4.69, 9.17) is 5.11 Å². The molecule has 0 aliphatic heterocycles. The summed E-state index contributed by atoms with van der Waals surface area (Å²) in [5.41, 5.74) is 1.34. The summed E-state index contributed by atoms with van der Waals surface area (Å²) in [6, 6.07) is 9.93. The van der Waals surface area contributed by atoms with Crippen LogP contribution >= 0.6 is 9.24 Å². The van der Waals surface area contributed by atoms with Crippen molar-refractivity contribution in [3.8, 4) is 0 Å². The van der Waals surface area contributed by atoms with E-state index in [2.05, 4.69) is 9.24 Å². The minimum Gasteiger partial charge on any atom is -0.395 e. The maximum absolute atomic E-state index is 8.77. The predicted molar refractivity (Wildman–Crippen MR) is 46.0 cm³/mol. The van der Waals surface area contributed by atoms with Crippen LogP contribution in [0.4, 0.5) is 0 Å². The van der Waals surface area contributed by atoms with Crippen molar-refractivity contribution < 1.29 is 5.11 Å². The van der Waals surface area contributed by atoms with E-state index in [-0.39, 0.29) is 12.3 Å². The number of rotatable bonds is 2. The van der Waals surface area contributed by atoms with Crippen molar-refractivity contribution in [2.45, 2.75) is 5.66 Å². The van der Waals surface area contributed by atoms with E-state index in [0.29, 0.717) is 0 Å². The van der Waals surface area contributed by atoms with Crippen LogP contribution in [0.1, 0.15) is 11.2 Å². The van der Waals surface area contributed by atoms with Crippen molar-refractivity contribution in [2.24, 2.45) is 0 Å².